The Hall–Kier alpha value is -1.89. The molecule has 32 heavy (non-hydrogen) atoms. The average molecular weight is 432 g/mol. The summed E-state index contributed by atoms with van der Waals surface area (Å²) in [6.07, 6.45) is 25.7. The molecule has 174 valence electrons. The van der Waals surface area contributed by atoms with Gasteiger partial charge in [0, 0.05) is 11.8 Å². The Kier molecular flexibility index (Phi) is 11.1. The van der Waals surface area contributed by atoms with Crippen LogP contribution in [0, 0.1) is 11.8 Å². The normalized spacial score (nSPS) is 18.9. The number of nitrogens with zero attached hydrogens (tertiary/aromatic N) is 1. The quantitative estimate of drug-likeness (QED) is 0.227. The minimum absolute atomic E-state index is 0.829. The van der Waals surface area contributed by atoms with Crippen molar-refractivity contribution in [3.63, 3.8) is 0 Å². The summed E-state index contributed by atoms with van der Waals surface area (Å²) in [6.45, 7) is 4.56. The van der Waals surface area contributed by atoms with Crippen molar-refractivity contribution >= 4 is 0 Å². The van der Waals surface area contributed by atoms with Crippen LogP contribution in [-0.4, -0.2) is 4.98 Å². The lowest BCUT2D eigenvalue weighted by Crippen LogP contribution is -2.13. The van der Waals surface area contributed by atoms with Crippen LogP contribution in [0.1, 0.15) is 102 Å². The third kappa shape index (κ3) is 8.57. The van der Waals surface area contributed by atoms with E-state index in [-0.39, 0.29) is 0 Å². The molecule has 1 nitrogen and oxygen atoms in total. The van der Waals surface area contributed by atoms with Crippen LogP contribution in [0.2, 0.25) is 0 Å². The first kappa shape index (κ1) is 24.7. The molecule has 0 bridgehead atoms. The van der Waals surface area contributed by atoms with Crippen molar-refractivity contribution in [2.75, 3.05) is 0 Å². The molecule has 0 N–H and O–H groups in total. The van der Waals surface area contributed by atoms with E-state index in [2.05, 4.69) is 68.6 Å². The number of hydrogen-bond acceptors (Lipinski definition) is 1. The highest BCUT2D eigenvalue weighted by atomic mass is 14.7. The fourth-order valence-electron chi connectivity index (χ4n) is 5.06. The number of aryl methyl sites for hydroxylation is 2. The predicted octanol–water partition coefficient (Wildman–Crippen LogP) is 9.36. The molecule has 0 atom stereocenters. The summed E-state index contributed by atoms with van der Waals surface area (Å²) in [5, 5.41) is 0. The zero-order valence-electron chi connectivity index (χ0n) is 20.7. The summed E-state index contributed by atoms with van der Waals surface area (Å²) in [5.41, 5.74) is 5.09. The van der Waals surface area contributed by atoms with E-state index >= 15 is 0 Å². The third-order valence-corrected chi connectivity index (χ3v) is 7.26. The van der Waals surface area contributed by atoms with Crippen molar-refractivity contribution in [2.45, 2.75) is 104 Å². The van der Waals surface area contributed by atoms with Gasteiger partial charge in [-0.2, -0.15) is 0 Å². The van der Waals surface area contributed by atoms with Crippen LogP contribution < -0.4 is 0 Å². The molecule has 0 spiro atoms. The zero-order chi connectivity index (χ0) is 22.4. The van der Waals surface area contributed by atoms with E-state index in [0.717, 1.165) is 36.8 Å². The standard InChI is InChI=1S/C31H45N/c1-3-5-7-11-26-15-17-27(18-16-26)12-9-10-13-28-19-22-30(23-20-28)31-24-21-29(25-32-31)14-8-6-4-2/h9,12,19-27H,3-8,10-11,13-18H2,1-2H3/b12-9+. The Morgan fingerprint density at radius 3 is 2.19 bits per heavy atom. The molecule has 0 unspecified atom stereocenters. The van der Waals surface area contributed by atoms with Crippen molar-refractivity contribution in [1.29, 1.82) is 0 Å². The van der Waals surface area contributed by atoms with Gasteiger partial charge in [-0.3, -0.25) is 4.98 Å². The van der Waals surface area contributed by atoms with E-state index in [0.29, 0.717) is 0 Å². The lowest BCUT2D eigenvalue weighted by Gasteiger charge is -2.26. The van der Waals surface area contributed by atoms with Crippen LogP contribution in [0.25, 0.3) is 11.3 Å². The number of allylic oxidation sites excluding steroid dienone is 2. The van der Waals surface area contributed by atoms with Gasteiger partial charge in [0.2, 0.25) is 0 Å². The molecule has 1 aromatic carbocycles. The van der Waals surface area contributed by atoms with E-state index in [4.69, 9.17) is 4.98 Å². The van der Waals surface area contributed by atoms with Crippen LogP contribution in [0.5, 0.6) is 0 Å². The number of rotatable bonds is 13. The van der Waals surface area contributed by atoms with Gasteiger partial charge in [0.1, 0.15) is 0 Å². The summed E-state index contributed by atoms with van der Waals surface area (Å²) in [4.78, 5) is 4.70. The molecule has 0 saturated heterocycles. The topological polar surface area (TPSA) is 12.9 Å². The molecule has 1 aromatic heterocycles. The van der Waals surface area contributed by atoms with Gasteiger partial charge in [-0.15, -0.1) is 0 Å². The van der Waals surface area contributed by atoms with E-state index in [1.807, 2.05) is 0 Å². The maximum Gasteiger partial charge on any atom is 0.0702 e. The Bertz CT molecular complexity index is 763. The fraction of sp³-hybridized carbons (Fsp3) is 0.581. The van der Waals surface area contributed by atoms with Crippen LogP contribution in [0.3, 0.4) is 0 Å². The van der Waals surface area contributed by atoms with Crippen LogP contribution >= 0.6 is 0 Å². The van der Waals surface area contributed by atoms with Gasteiger partial charge in [0.15, 0.2) is 0 Å². The molecule has 1 saturated carbocycles. The van der Waals surface area contributed by atoms with Gasteiger partial charge in [-0.05, 0) is 80.4 Å². The number of benzene rings is 1. The molecule has 2 aromatic rings. The van der Waals surface area contributed by atoms with Crippen molar-refractivity contribution in [3.8, 4) is 11.3 Å². The second-order valence-corrected chi connectivity index (χ2v) is 9.95. The highest BCUT2D eigenvalue weighted by molar-refractivity contribution is 5.59. The van der Waals surface area contributed by atoms with Crippen LogP contribution in [0.15, 0.2) is 54.7 Å². The largest absolute Gasteiger partial charge is 0.256 e. The SMILES string of the molecule is CCCCCc1ccc(-c2ccc(CC/C=C/C3CCC(CCCCC)CC3)cc2)nc1. The average Bonchev–Trinajstić information content (AvgIpc) is 2.84. The number of pyridine rings is 1. The van der Waals surface area contributed by atoms with Gasteiger partial charge < -0.3 is 0 Å². The lowest BCUT2D eigenvalue weighted by atomic mass is 9.79. The summed E-state index contributed by atoms with van der Waals surface area (Å²) < 4.78 is 0. The van der Waals surface area contributed by atoms with E-state index in [1.165, 1.54) is 87.3 Å². The minimum Gasteiger partial charge on any atom is -0.256 e. The van der Waals surface area contributed by atoms with Gasteiger partial charge in [-0.25, -0.2) is 0 Å². The molecular weight excluding hydrogens is 386 g/mol. The van der Waals surface area contributed by atoms with E-state index < -0.39 is 0 Å². The number of hydrogen-bond donors (Lipinski definition) is 0. The maximum atomic E-state index is 4.70. The minimum atomic E-state index is 0.829. The monoisotopic (exact) mass is 431 g/mol. The van der Waals surface area contributed by atoms with Crippen molar-refractivity contribution in [3.05, 3.63) is 65.9 Å². The predicted molar refractivity (Wildman–Crippen MR) is 140 cm³/mol. The zero-order valence-corrected chi connectivity index (χ0v) is 20.7. The summed E-state index contributed by atoms with van der Waals surface area (Å²) in [5.74, 6) is 1.84. The fourth-order valence-corrected chi connectivity index (χ4v) is 5.06. The Morgan fingerprint density at radius 2 is 1.50 bits per heavy atom. The van der Waals surface area contributed by atoms with Crippen LogP contribution in [-0.2, 0) is 12.8 Å². The smallest absolute Gasteiger partial charge is 0.0702 e. The summed E-state index contributed by atoms with van der Waals surface area (Å²) in [6, 6.07) is 13.5. The molecule has 1 heterocycles. The molecule has 1 aliphatic carbocycles. The summed E-state index contributed by atoms with van der Waals surface area (Å²) in [7, 11) is 0. The number of aromatic nitrogens is 1. The number of unbranched alkanes of at least 4 members (excludes halogenated alkanes) is 4. The van der Waals surface area contributed by atoms with Crippen molar-refractivity contribution in [2.24, 2.45) is 11.8 Å². The molecular formula is C31H45N. The van der Waals surface area contributed by atoms with Crippen LogP contribution in [0.4, 0.5) is 0 Å². The molecule has 0 amide bonds. The maximum absolute atomic E-state index is 4.70. The second-order valence-electron chi connectivity index (χ2n) is 9.95. The van der Waals surface area contributed by atoms with E-state index in [1.54, 1.807) is 0 Å². The first-order valence-electron chi connectivity index (χ1n) is 13.5. The van der Waals surface area contributed by atoms with Gasteiger partial charge in [0.05, 0.1) is 5.69 Å². The molecule has 1 heteroatoms. The Balaban J connectivity index is 1.37. The Morgan fingerprint density at radius 1 is 0.781 bits per heavy atom. The Labute approximate surface area is 197 Å². The van der Waals surface area contributed by atoms with Gasteiger partial charge >= 0.3 is 0 Å². The molecule has 3 rings (SSSR count). The van der Waals surface area contributed by atoms with Crippen molar-refractivity contribution < 1.29 is 0 Å². The molecule has 0 aliphatic heterocycles. The molecule has 1 fully saturated rings. The first-order chi connectivity index (χ1) is 15.8. The summed E-state index contributed by atoms with van der Waals surface area (Å²) >= 11 is 0. The third-order valence-electron chi connectivity index (χ3n) is 7.26. The van der Waals surface area contributed by atoms with Gasteiger partial charge in [-0.1, -0.05) is 94.9 Å². The lowest BCUT2D eigenvalue weighted by molar-refractivity contribution is 0.289. The van der Waals surface area contributed by atoms with Gasteiger partial charge in [0.25, 0.3) is 0 Å². The molecule has 0 radical (unpaired) electrons. The van der Waals surface area contributed by atoms with Crippen molar-refractivity contribution in [1.82, 2.24) is 4.98 Å². The highest BCUT2D eigenvalue weighted by Gasteiger charge is 2.18. The highest BCUT2D eigenvalue weighted by Crippen LogP contribution is 2.32. The second kappa shape index (κ2) is 14.3. The van der Waals surface area contributed by atoms with E-state index in [9.17, 15) is 0 Å². The first-order valence-corrected chi connectivity index (χ1v) is 13.5. The molecule has 1 aliphatic rings.